The zero-order chi connectivity index (χ0) is 19.2. The van der Waals surface area contributed by atoms with Crippen LogP contribution in [0, 0.1) is 5.92 Å². The Morgan fingerprint density at radius 2 is 1.82 bits per heavy atom. The van der Waals surface area contributed by atoms with Crippen LogP contribution < -0.4 is 0 Å². The molecule has 0 radical (unpaired) electrons. The van der Waals surface area contributed by atoms with E-state index < -0.39 is 0 Å². The Morgan fingerprint density at radius 3 is 2.43 bits per heavy atom. The lowest BCUT2D eigenvalue weighted by Gasteiger charge is -2.38. The molecule has 1 atom stereocenters. The molecule has 2 heterocycles. The van der Waals surface area contributed by atoms with Crippen molar-refractivity contribution in [2.24, 2.45) is 5.92 Å². The molecule has 4 nitrogen and oxygen atoms in total. The van der Waals surface area contributed by atoms with Gasteiger partial charge in [0.15, 0.2) is 0 Å². The van der Waals surface area contributed by atoms with E-state index in [2.05, 4.69) is 35.8 Å². The number of hydrogen-bond acceptors (Lipinski definition) is 2. The first-order chi connectivity index (χ1) is 13.1. The molecule has 158 valence electrons. The van der Waals surface area contributed by atoms with Gasteiger partial charge in [-0.3, -0.25) is 0 Å². The number of likely N-dealkylation sites (tertiary alicyclic amines) is 2. The first-order valence-electron chi connectivity index (χ1n) is 10.6. The summed E-state index contributed by atoms with van der Waals surface area (Å²) in [5.74, 6) is 0.689. The highest BCUT2D eigenvalue weighted by Gasteiger charge is 2.28. The Kier molecular flexibility index (Phi) is 9.39. The number of urea groups is 1. The molecule has 2 aliphatic heterocycles. The summed E-state index contributed by atoms with van der Waals surface area (Å²) in [7, 11) is 0. The number of amides is 2. The molecule has 2 fully saturated rings. The summed E-state index contributed by atoms with van der Waals surface area (Å²) in [4.78, 5) is 19.3. The highest BCUT2D eigenvalue weighted by atomic mass is 35.5. The number of carbonyl (C=O) groups excluding carboxylic acids is 1. The van der Waals surface area contributed by atoms with Crippen molar-refractivity contribution in [1.29, 1.82) is 0 Å². The van der Waals surface area contributed by atoms with E-state index in [1.165, 1.54) is 5.56 Å². The minimum atomic E-state index is 0. The molecule has 28 heavy (non-hydrogen) atoms. The monoisotopic (exact) mass is 427 g/mol. The summed E-state index contributed by atoms with van der Waals surface area (Å²) in [6.45, 7) is 10.5. The van der Waals surface area contributed by atoms with Gasteiger partial charge < -0.3 is 14.7 Å². The molecule has 0 aromatic heterocycles. The van der Waals surface area contributed by atoms with Crippen LogP contribution in [0.2, 0.25) is 5.02 Å². The van der Waals surface area contributed by atoms with Crippen LogP contribution in [0.4, 0.5) is 4.79 Å². The molecule has 0 saturated carbocycles. The number of halogens is 2. The maximum absolute atomic E-state index is 12.6. The van der Waals surface area contributed by atoms with E-state index in [4.69, 9.17) is 11.6 Å². The lowest BCUT2D eigenvalue weighted by Crippen LogP contribution is -2.47. The van der Waals surface area contributed by atoms with Crippen molar-refractivity contribution in [3.05, 3.63) is 34.9 Å². The van der Waals surface area contributed by atoms with Gasteiger partial charge in [-0.05, 0) is 69.2 Å². The molecular weight excluding hydrogens is 393 g/mol. The summed E-state index contributed by atoms with van der Waals surface area (Å²) in [5.41, 5.74) is 1.31. The van der Waals surface area contributed by atoms with Crippen molar-refractivity contribution < 1.29 is 4.79 Å². The average molecular weight is 428 g/mol. The number of piperidine rings is 1. The summed E-state index contributed by atoms with van der Waals surface area (Å²) in [6, 6.07) is 8.98. The van der Waals surface area contributed by atoms with Gasteiger partial charge in [0.1, 0.15) is 0 Å². The van der Waals surface area contributed by atoms with Crippen molar-refractivity contribution in [2.75, 3.05) is 39.3 Å². The molecule has 0 spiro atoms. The maximum atomic E-state index is 12.6. The van der Waals surface area contributed by atoms with Crippen LogP contribution in [0.5, 0.6) is 0 Å². The van der Waals surface area contributed by atoms with Crippen molar-refractivity contribution in [3.8, 4) is 0 Å². The van der Waals surface area contributed by atoms with Crippen LogP contribution in [0.3, 0.4) is 0 Å². The third kappa shape index (κ3) is 6.27. The van der Waals surface area contributed by atoms with Gasteiger partial charge in [0.25, 0.3) is 0 Å². The largest absolute Gasteiger partial charge is 0.325 e. The van der Waals surface area contributed by atoms with Crippen LogP contribution in [-0.4, -0.2) is 66.0 Å². The predicted octanol–water partition coefficient (Wildman–Crippen LogP) is 4.94. The molecule has 2 saturated heterocycles. The topological polar surface area (TPSA) is 26.8 Å². The van der Waals surface area contributed by atoms with Crippen molar-refractivity contribution in [2.45, 2.75) is 52.0 Å². The molecule has 0 bridgehead atoms. The standard InChI is InChI=1S/C22H34ClN3O.ClH/c1-3-24(18(2)15-20-7-6-8-21(23)16-20)17-19-9-13-26(14-10-19)22(27)25-11-4-5-12-25;/h6-8,16,18-19H,3-5,9-15,17H2,1-2H3;1H. The minimum absolute atomic E-state index is 0. The first kappa shape index (κ1) is 23.3. The zero-order valence-electron chi connectivity index (χ0n) is 17.3. The van der Waals surface area contributed by atoms with Gasteiger partial charge in [0, 0.05) is 43.8 Å². The SMILES string of the molecule is CCN(CC1CCN(C(=O)N2CCCC2)CC1)C(C)Cc1cccc(Cl)c1.Cl. The Hall–Kier alpha value is -0.970. The van der Waals surface area contributed by atoms with E-state index in [9.17, 15) is 4.79 Å². The number of nitrogens with zero attached hydrogens (tertiary/aromatic N) is 3. The fourth-order valence-electron chi connectivity index (χ4n) is 4.50. The van der Waals surface area contributed by atoms with Crippen molar-refractivity contribution in [1.82, 2.24) is 14.7 Å². The van der Waals surface area contributed by atoms with Crippen molar-refractivity contribution >= 4 is 30.0 Å². The van der Waals surface area contributed by atoms with Crippen LogP contribution in [0.15, 0.2) is 24.3 Å². The Bertz CT molecular complexity index is 614. The van der Waals surface area contributed by atoms with Crippen LogP contribution in [-0.2, 0) is 6.42 Å². The average Bonchev–Trinajstić information content (AvgIpc) is 3.20. The molecular formula is C22H35Cl2N3O. The number of rotatable bonds is 6. The van der Waals surface area contributed by atoms with E-state index in [1.54, 1.807) is 0 Å². The molecule has 2 aliphatic rings. The highest BCUT2D eigenvalue weighted by Crippen LogP contribution is 2.22. The summed E-state index contributed by atoms with van der Waals surface area (Å²) >= 11 is 6.13. The Balaban J connectivity index is 0.00000280. The van der Waals surface area contributed by atoms with Crippen LogP contribution in [0.25, 0.3) is 0 Å². The number of benzene rings is 1. The van der Waals surface area contributed by atoms with Gasteiger partial charge in [-0.2, -0.15) is 0 Å². The second kappa shape index (κ2) is 11.3. The van der Waals surface area contributed by atoms with E-state index in [0.29, 0.717) is 12.0 Å². The minimum Gasteiger partial charge on any atom is -0.325 e. The van der Waals surface area contributed by atoms with E-state index in [0.717, 1.165) is 76.4 Å². The third-order valence-electron chi connectivity index (χ3n) is 6.20. The third-order valence-corrected chi connectivity index (χ3v) is 6.44. The van der Waals surface area contributed by atoms with E-state index >= 15 is 0 Å². The zero-order valence-corrected chi connectivity index (χ0v) is 18.9. The van der Waals surface area contributed by atoms with Gasteiger partial charge in [0.2, 0.25) is 0 Å². The first-order valence-corrected chi connectivity index (χ1v) is 11.0. The molecule has 1 unspecified atom stereocenters. The summed E-state index contributed by atoms with van der Waals surface area (Å²) in [6.07, 6.45) is 5.61. The van der Waals surface area contributed by atoms with Gasteiger partial charge in [-0.15, -0.1) is 12.4 Å². The predicted molar refractivity (Wildman–Crippen MR) is 120 cm³/mol. The van der Waals surface area contributed by atoms with Crippen LogP contribution in [0.1, 0.15) is 45.1 Å². The number of hydrogen-bond donors (Lipinski definition) is 0. The van der Waals surface area contributed by atoms with Gasteiger partial charge in [0.05, 0.1) is 0 Å². The lowest BCUT2D eigenvalue weighted by atomic mass is 9.95. The smallest absolute Gasteiger partial charge is 0.319 e. The van der Waals surface area contributed by atoms with E-state index in [-0.39, 0.29) is 18.4 Å². The molecule has 1 aromatic carbocycles. The Labute approximate surface area is 181 Å². The summed E-state index contributed by atoms with van der Waals surface area (Å²) < 4.78 is 0. The number of likely N-dealkylation sites (N-methyl/N-ethyl adjacent to an activating group) is 1. The van der Waals surface area contributed by atoms with Crippen molar-refractivity contribution in [3.63, 3.8) is 0 Å². The molecule has 0 N–H and O–H groups in total. The maximum Gasteiger partial charge on any atom is 0.319 e. The van der Waals surface area contributed by atoms with Gasteiger partial charge in [-0.1, -0.05) is 30.7 Å². The van der Waals surface area contributed by atoms with Crippen LogP contribution >= 0.6 is 24.0 Å². The fourth-order valence-corrected chi connectivity index (χ4v) is 4.71. The quantitative estimate of drug-likeness (QED) is 0.642. The molecule has 6 heteroatoms. The fraction of sp³-hybridized carbons (Fsp3) is 0.682. The second-order valence-electron chi connectivity index (χ2n) is 8.18. The molecule has 0 aliphatic carbocycles. The number of carbonyl (C=O) groups is 1. The molecule has 2 amide bonds. The van der Waals surface area contributed by atoms with E-state index in [1.807, 2.05) is 17.0 Å². The molecule has 1 aromatic rings. The normalized spacial score (nSPS) is 19.0. The van der Waals surface area contributed by atoms with Gasteiger partial charge in [-0.25, -0.2) is 4.79 Å². The summed E-state index contributed by atoms with van der Waals surface area (Å²) in [5, 5.41) is 0.817. The second-order valence-corrected chi connectivity index (χ2v) is 8.61. The molecule has 3 rings (SSSR count). The van der Waals surface area contributed by atoms with Gasteiger partial charge >= 0.3 is 6.03 Å². The Morgan fingerprint density at radius 1 is 1.18 bits per heavy atom. The lowest BCUT2D eigenvalue weighted by molar-refractivity contribution is 0.116. The highest BCUT2D eigenvalue weighted by molar-refractivity contribution is 6.30.